The van der Waals surface area contributed by atoms with E-state index in [2.05, 4.69) is 21.2 Å². The van der Waals surface area contributed by atoms with E-state index in [4.69, 9.17) is 0 Å². The monoisotopic (exact) mass is 440 g/mol. The van der Waals surface area contributed by atoms with Crippen LogP contribution in [0.25, 0.3) is 0 Å². The van der Waals surface area contributed by atoms with Crippen LogP contribution in [0.1, 0.15) is 21.7 Å². The summed E-state index contributed by atoms with van der Waals surface area (Å²) in [5.41, 5.74) is 0.564. The Bertz CT molecular complexity index is 706. The summed E-state index contributed by atoms with van der Waals surface area (Å²) >= 11 is 6.70. The average Bonchev–Trinajstić information content (AvgIpc) is 3.03. The Labute approximate surface area is 165 Å². The highest BCUT2D eigenvalue weighted by atomic mass is 79.9. The average molecular weight is 441 g/mol. The predicted octanol–water partition coefficient (Wildman–Crippen LogP) is 4.02. The summed E-state index contributed by atoms with van der Waals surface area (Å²) < 4.78 is 1.04. The first-order valence-electron chi connectivity index (χ1n) is 7.85. The van der Waals surface area contributed by atoms with Crippen molar-refractivity contribution >= 4 is 50.8 Å². The fourth-order valence-corrected chi connectivity index (χ4v) is 4.35. The minimum atomic E-state index is -0.520. The molecule has 1 atom stereocenters. The number of nitrogens with zero attached hydrogens (tertiary/aromatic N) is 1. The second-order valence-electron chi connectivity index (χ2n) is 5.57. The molecule has 0 spiro atoms. The van der Waals surface area contributed by atoms with Crippen molar-refractivity contribution in [1.29, 1.82) is 0 Å². The van der Waals surface area contributed by atoms with Gasteiger partial charge in [0.2, 0.25) is 5.91 Å². The lowest BCUT2D eigenvalue weighted by molar-refractivity contribution is -0.132. The number of halogens is 1. The highest BCUT2D eigenvalue weighted by Gasteiger charge is 2.24. The van der Waals surface area contributed by atoms with Gasteiger partial charge in [0.25, 0.3) is 5.91 Å². The number of rotatable bonds is 8. The summed E-state index contributed by atoms with van der Waals surface area (Å²) in [6, 6.07) is 12.4. The van der Waals surface area contributed by atoms with Gasteiger partial charge in [0.15, 0.2) is 0 Å². The molecule has 25 heavy (non-hydrogen) atoms. The van der Waals surface area contributed by atoms with Crippen molar-refractivity contribution in [2.75, 3.05) is 19.1 Å². The van der Waals surface area contributed by atoms with Crippen LogP contribution >= 0.6 is 39.0 Å². The molecule has 2 aromatic rings. The maximum absolute atomic E-state index is 12.8. The highest BCUT2D eigenvalue weighted by Crippen LogP contribution is 2.23. The lowest BCUT2D eigenvalue weighted by Gasteiger charge is -2.24. The molecule has 0 fully saturated rings. The Morgan fingerprint density at radius 2 is 1.96 bits per heavy atom. The van der Waals surface area contributed by atoms with Crippen LogP contribution in [0.3, 0.4) is 0 Å². The number of carbonyl (C=O) groups excluding carboxylic acids is 2. The van der Waals surface area contributed by atoms with Gasteiger partial charge in [0, 0.05) is 17.5 Å². The van der Waals surface area contributed by atoms with Gasteiger partial charge < -0.3 is 10.2 Å². The van der Waals surface area contributed by atoms with Gasteiger partial charge in [-0.15, -0.1) is 11.3 Å². The lowest BCUT2D eigenvalue weighted by Crippen LogP contribution is -2.47. The molecule has 0 aliphatic heterocycles. The van der Waals surface area contributed by atoms with Crippen molar-refractivity contribution in [3.63, 3.8) is 0 Å². The van der Waals surface area contributed by atoms with Gasteiger partial charge >= 0.3 is 0 Å². The van der Waals surface area contributed by atoms with Crippen LogP contribution in [0.5, 0.6) is 0 Å². The van der Waals surface area contributed by atoms with E-state index in [1.807, 2.05) is 36.6 Å². The SMILES string of the molecule is CSCCC(NC(=O)c1ccccc1)C(=O)N(C)Cc1ccc(Br)s1. The largest absolute Gasteiger partial charge is 0.340 e. The first-order valence-corrected chi connectivity index (χ1v) is 10.9. The van der Waals surface area contributed by atoms with Gasteiger partial charge in [-0.25, -0.2) is 0 Å². The topological polar surface area (TPSA) is 49.4 Å². The van der Waals surface area contributed by atoms with E-state index in [9.17, 15) is 9.59 Å². The molecule has 2 amide bonds. The molecule has 0 saturated carbocycles. The van der Waals surface area contributed by atoms with Gasteiger partial charge in [-0.2, -0.15) is 11.8 Å². The van der Waals surface area contributed by atoms with E-state index < -0.39 is 6.04 Å². The van der Waals surface area contributed by atoms with Crippen molar-refractivity contribution in [2.45, 2.75) is 19.0 Å². The molecular weight excluding hydrogens is 420 g/mol. The van der Waals surface area contributed by atoms with E-state index in [1.54, 1.807) is 47.2 Å². The number of hydrogen-bond acceptors (Lipinski definition) is 4. The van der Waals surface area contributed by atoms with Crippen LogP contribution in [-0.4, -0.2) is 41.8 Å². The number of thiophene rings is 1. The number of amides is 2. The molecule has 0 bridgehead atoms. The molecule has 1 N–H and O–H groups in total. The van der Waals surface area contributed by atoms with Crippen molar-refractivity contribution in [3.8, 4) is 0 Å². The van der Waals surface area contributed by atoms with Gasteiger partial charge in [-0.3, -0.25) is 9.59 Å². The third kappa shape index (κ3) is 6.17. The van der Waals surface area contributed by atoms with Crippen LogP contribution in [0.15, 0.2) is 46.3 Å². The Morgan fingerprint density at radius 3 is 2.56 bits per heavy atom. The minimum Gasteiger partial charge on any atom is -0.340 e. The molecule has 0 saturated heterocycles. The first kappa shape index (κ1) is 20.0. The summed E-state index contributed by atoms with van der Waals surface area (Å²) in [6.07, 6.45) is 2.60. The summed E-state index contributed by atoms with van der Waals surface area (Å²) in [5.74, 6) is 0.527. The van der Waals surface area contributed by atoms with Gasteiger partial charge in [-0.1, -0.05) is 18.2 Å². The fourth-order valence-electron chi connectivity index (χ4n) is 2.34. The third-order valence-electron chi connectivity index (χ3n) is 3.65. The fraction of sp³-hybridized carbons (Fsp3) is 0.333. The second kappa shape index (κ2) is 9.99. The molecule has 4 nitrogen and oxygen atoms in total. The number of nitrogens with one attached hydrogen (secondary N) is 1. The van der Waals surface area contributed by atoms with Crippen molar-refractivity contribution in [3.05, 3.63) is 56.7 Å². The van der Waals surface area contributed by atoms with Crippen molar-refractivity contribution in [1.82, 2.24) is 10.2 Å². The molecule has 1 aromatic carbocycles. The Hall–Kier alpha value is -1.31. The molecule has 1 heterocycles. The number of carbonyl (C=O) groups is 2. The molecule has 0 aliphatic carbocycles. The predicted molar refractivity (Wildman–Crippen MR) is 109 cm³/mol. The summed E-state index contributed by atoms with van der Waals surface area (Å²) in [6.45, 7) is 0.534. The van der Waals surface area contributed by atoms with Gasteiger partial charge in [0.05, 0.1) is 10.3 Å². The Balaban J connectivity index is 2.04. The zero-order valence-electron chi connectivity index (χ0n) is 14.2. The summed E-state index contributed by atoms with van der Waals surface area (Å²) in [5, 5.41) is 2.89. The van der Waals surface area contributed by atoms with E-state index in [1.165, 1.54) is 0 Å². The van der Waals surface area contributed by atoms with E-state index in [-0.39, 0.29) is 11.8 Å². The zero-order valence-corrected chi connectivity index (χ0v) is 17.4. The highest BCUT2D eigenvalue weighted by molar-refractivity contribution is 9.11. The molecule has 7 heteroatoms. The van der Waals surface area contributed by atoms with Crippen LogP contribution < -0.4 is 5.32 Å². The quantitative estimate of drug-likeness (QED) is 0.673. The molecule has 2 rings (SSSR count). The second-order valence-corrected chi connectivity index (χ2v) is 9.11. The van der Waals surface area contributed by atoms with Crippen LogP contribution in [0.2, 0.25) is 0 Å². The maximum atomic E-state index is 12.8. The molecule has 134 valence electrons. The number of benzene rings is 1. The standard InChI is InChI=1S/C18H21BrN2O2S2/c1-21(12-14-8-9-16(19)25-14)18(23)15(10-11-24-2)20-17(22)13-6-4-3-5-7-13/h3-9,15H,10-12H2,1-2H3,(H,20,22). The van der Waals surface area contributed by atoms with Crippen LogP contribution in [-0.2, 0) is 11.3 Å². The van der Waals surface area contributed by atoms with Crippen LogP contribution in [0, 0.1) is 0 Å². The Kier molecular flexibility index (Phi) is 7.99. The molecule has 1 unspecified atom stereocenters. The maximum Gasteiger partial charge on any atom is 0.251 e. The Morgan fingerprint density at radius 1 is 1.24 bits per heavy atom. The normalized spacial score (nSPS) is 11.8. The minimum absolute atomic E-state index is 0.0668. The van der Waals surface area contributed by atoms with E-state index in [0.29, 0.717) is 18.5 Å². The lowest BCUT2D eigenvalue weighted by atomic mass is 10.1. The number of thioether (sulfide) groups is 1. The third-order valence-corrected chi connectivity index (χ3v) is 5.90. The first-order chi connectivity index (χ1) is 12.0. The molecule has 0 aliphatic rings. The smallest absolute Gasteiger partial charge is 0.251 e. The molecular formula is C18H21BrN2O2S2. The van der Waals surface area contributed by atoms with Crippen molar-refractivity contribution in [2.24, 2.45) is 0 Å². The van der Waals surface area contributed by atoms with E-state index in [0.717, 1.165) is 14.4 Å². The summed E-state index contributed by atoms with van der Waals surface area (Å²) in [4.78, 5) is 28.0. The number of hydrogen-bond donors (Lipinski definition) is 1. The molecule has 0 radical (unpaired) electrons. The van der Waals surface area contributed by atoms with Crippen LogP contribution in [0.4, 0.5) is 0 Å². The van der Waals surface area contributed by atoms with E-state index >= 15 is 0 Å². The molecule has 1 aromatic heterocycles. The zero-order chi connectivity index (χ0) is 18.2. The number of likely N-dealkylation sites (N-methyl/N-ethyl adjacent to an activating group) is 1. The van der Waals surface area contributed by atoms with Crippen molar-refractivity contribution < 1.29 is 9.59 Å². The van der Waals surface area contributed by atoms with Gasteiger partial charge in [0.1, 0.15) is 6.04 Å². The summed E-state index contributed by atoms with van der Waals surface area (Å²) in [7, 11) is 1.77. The van der Waals surface area contributed by atoms with Gasteiger partial charge in [-0.05, 0) is 58.6 Å².